The summed E-state index contributed by atoms with van der Waals surface area (Å²) in [7, 11) is 3.37. The summed E-state index contributed by atoms with van der Waals surface area (Å²) in [5.41, 5.74) is 2.53. The van der Waals surface area contributed by atoms with E-state index in [-0.39, 0.29) is 6.03 Å². The molecule has 0 aromatic rings. The Labute approximate surface area is 82.4 Å². The number of hydrogen-bond donors (Lipinski definition) is 2. The van der Waals surface area contributed by atoms with Crippen molar-refractivity contribution in [2.24, 2.45) is 0 Å². The lowest BCUT2D eigenvalue weighted by Crippen LogP contribution is -2.49. The van der Waals surface area contributed by atoms with Gasteiger partial charge in [0.15, 0.2) is 0 Å². The molecule has 1 aliphatic heterocycles. The van der Waals surface area contributed by atoms with Crippen molar-refractivity contribution in [3.05, 3.63) is 0 Å². The van der Waals surface area contributed by atoms with E-state index in [2.05, 4.69) is 5.43 Å². The molecule has 0 aromatic heterocycles. The monoisotopic (exact) mass is 201 g/mol. The van der Waals surface area contributed by atoms with Crippen molar-refractivity contribution < 1.29 is 14.7 Å². The van der Waals surface area contributed by atoms with Crippen LogP contribution in [0.25, 0.3) is 0 Å². The normalized spacial score (nSPS) is 21.4. The predicted molar refractivity (Wildman–Crippen MR) is 49.6 cm³/mol. The lowest BCUT2D eigenvalue weighted by atomic mass is 10.2. The van der Waals surface area contributed by atoms with Crippen LogP contribution in [-0.4, -0.2) is 53.7 Å². The molecule has 0 aromatic carbocycles. The number of hydrazine groups is 1. The Morgan fingerprint density at radius 2 is 2.14 bits per heavy atom. The standard InChI is InChI=1S/C8H15N3O3/c1-10(2)9-8(14)11-5-3-4-6(11)7(12)13/h6H,3-5H2,1-2H3,(H,9,14)(H,12,13)/t6-/m0/s1. The summed E-state index contributed by atoms with van der Waals surface area (Å²) in [6.45, 7) is 0.511. The summed E-state index contributed by atoms with van der Waals surface area (Å²) in [5.74, 6) is -0.934. The molecule has 1 atom stereocenters. The van der Waals surface area contributed by atoms with Gasteiger partial charge in [0.25, 0.3) is 0 Å². The molecule has 6 heteroatoms. The fourth-order valence-electron chi connectivity index (χ4n) is 1.52. The van der Waals surface area contributed by atoms with Crippen LogP contribution in [0.1, 0.15) is 12.8 Å². The van der Waals surface area contributed by atoms with Crippen LogP contribution in [0.4, 0.5) is 4.79 Å². The summed E-state index contributed by atoms with van der Waals surface area (Å²) in [6, 6.07) is -1.02. The molecule has 1 fully saturated rings. The lowest BCUT2D eigenvalue weighted by Gasteiger charge is -2.23. The zero-order chi connectivity index (χ0) is 10.7. The molecule has 1 saturated heterocycles. The number of carboxylic acid groups (broad SMARTS) is 1. The summed E-state index contributed by atoms with van der Waals surface area (Å²) in [4.78, 5) is 23.6. The number of nitrogens with zero attached hydrogens (tertiary/aromatic N) is 2. The molecule has 0 radical (unpaired) electrons. The smallest absolute Gasteiger partial charge is 0.332 e. The zero-order valence-corrected chi connectivity index (χ0v) is 8.36. The molecular weight excluding hydrogens is 186 g/mol. The number of carboxylic acids is 1. The predicted octanol–water partition coefficient (Wildman–Crippen LogP) is -0.278. The minimum absolute atomic E-state index is 0.347. The van der Waals surface area contributed by atoms with Crippen molar-refractivity contribution in [1.29, 1.82) is 0 Å². The van der Waals surface area contributed by atoms with E-state index >= 15 is 0 Å². The van der Waals surface area contributed by atoms with Crippen LogP contribution in [0.3, 0.4) is 0 Å². The van der Waals surface area contributed by atoms with Gasteiger partial charge in [-0.1, -0.05) is 0 Å². The molecule has 1 heterocycles. The van der Waals surface area contributed by atoms with Gasteiger partial charge in [-0.2, -0.15) is 0 Å². The fourth-order valence-corrected chi connectivity index (χ4v) is 1.52. The van der Waals surface area contributed by atoms with Crippen LogP contribution in [0.15, 0.2) is 0 Å². The maximum absolute atomic E-state index is 11.5. The molecule has 0 aliphatic carbocycles. The van der Waals surface area contributed by atoms with Crippen LogP contribution in [0, 0.1) is 0 Å². The highest BCUT2D eigenvalue weighted by Crippen LogP contribution is 2.17. The molecule has 0 spiro atoms. The van der Waals surface area contributed by atoms with Crippen LogP contribution in [0.5, 0.6) is 0 Å². The van der Waals surface area contributed by atoms with Crippen molar-refractivity contribution in [2.75, 3.05) is 20.6 Å². The summed E-state index contributed by atoms with van der Waals surface area (Å²) >= 11 is 0. The van der Waals surface area contributed by atoms with E-state index in [1.165, 1.54) is 9.91 Å². The van der Waals surface area contributed by atoms with Crippen molar-refractivity contribution in [1.82, 2.24) is 15.3 Å². The van der Waals surface area contributed by atoms with Gasteiger partial charge < -0.3 is 10.0 Å². The van der Waals surface area contributed by atoms with Gasteiger partial charge >= 0.3 is 12.0 Å². The number of likely N-dealkylation sites (tertiary alicyclic amines) is 1. The van der Waals surface area contributed by atoms with Crippen molar-refractivity contribution in [3.63, 3.8) is 0 Å². The Bertz CT molecular complexity index is 242. The molecule has 2 amide bonds. The van der Waals surface area contributed by atoms with Gasteiger partial charge in [0.2, 0.25) is 0 Å². The Kier molecular flexibility index (Phi) is 3.29. The number of hydrogen-bond acceptors (Lipinski definition) is 3. The molecule has 1 rings (SSSR count). The minimum atomic E-state index is -0.934. The Morgan fingerprint density at radius 1 is 1.50 bits per heavy atom. The first-order chi connectivity index (χ1) is 6.52. The molecular formula is C8H15N3O3. The number of aliphatic carboxylic acids is 1. The highest BCUT2D eigenvalue weighted by Gasteiger charge is 2.33. The maximum Gasteiger partial charge on any atom is 0.332 e. The second-order valence-electron chi connectivity index (χ2n) is 3.50. The second-order valence-corrected chi connectivity index (χ2v) is 3.50. The van der Waals surface area contributed by atoms with Gasteiger partial charge in [-0.15, -0.1) is 0 Å². The molecule has 6 nitrogen and oxygen atoms in total. The number of nitrogens with one attached hydrogen (secondary N) is 1. The third kappa shape index (κ3) is 2.35. The van der Waals surface area contributed by atoms with E-state index in [0.717, 1.165) is 6.42 Å². The molecule has 14 heavy (non-hydrogen) atoms. The number of carbonyl (C=O) groups excluding carboxylic acids is 1. The van der Waals surface area contributed by atoms with Crippen LogP contribution < -0.4 is 5.43 Å². The highest BCUT2D eigenvalue weighted by atomic mass is 16.4. The fraction of sp³-hybridized carbons (Fsp3) is 0.750. The van der Waals surface area contributed by atoms with Gasteiger partial charge in [0.05, 0.1) is 0 Å². The van der Waals surface area contributed by atoms with Gasteiger partial charge in [-0.25, -0.2) is 14.6 Å². The quantitative estimate of drug-likeness (QED) is 0.603. The van der Waals surface area contributed by atoms with E-state index in [1.54, 1.807) is 14.1 Å². The maximum atomic E-state index is 11.5. The third-order valence-electron chi connectivity index (χ3n) is 2.12. The van der Waals surface area contributed by atoms with Crippen molar-refractivity contribution >= 4 is 12.0 Å². The summed E-state index contributed by atoms with van der Waals surface area (Å²) < 4.78 is 0. The van der Waals surface area contributed by atoms with E-state index in [0.29, 0.717) is 13.0 Å². The van der Waals surface area contributed by atoms with E-state index < -0.39 is 12.0 Å². The first-order valence-electron chi connectivity index (χ1n) is 4.49. The van der Waals surface area contributed by atoms with E-state index in [4.69, 9.17) is 5.11 Å². The topological polar surface area (TPSA) is 72.9 Å². The van der Waals surface area contributed by atoms with Gasteiger partial charge in [-0.05, 0) is 12.8 Å². The first kappa shape index (κ1) is 10.8. The summed E-state index contributed by atoms with van der Waals surface area (Å²) in [5, 5.41) is 10.3. The first-order valence-corrected chi connectivity index (χ1v) is 4.49. The van der Waals surface area contributed by atoms with E-state index in [1.807, 2.05) is 0 Å². The molecule has 1 aliphatic rings. The molecule has 80 valence electrons. The Morgan fingerprint density at radius 3 is 2.64 bits per heavy atom. The Balaban J connectivity index is 2.58. The molecule has 2 N–H and O–H groups in total. The number of urea groups is 1. The average molecular weight is 201 g/mol. The number of amides is 2. The molecule has 0 bridgehead atoms. The minimum Gasteiger partial charge on any atom is -0.480 e. The zero-order valence-electron chi connectivity index (χ0n) is 8.36. The largest absolute Gasteiger partial charge is 0.480 e. The number of rotatable bonds is 2. The van der Waals surface area contributed by atoms with Gasteiger partial charge in [0.1, 0.15) is 6.04 Å². The van der Waals surface area contributed by atoms with Crippen LogP contribution in [-0.2, 0) is 4.79 Å². The lowest BCUT2D eigenvalue weighted by molar-refractivity contribution is -0.141. The van der Waals surface area contributed by atoms with Crippen molar-refractivity contribution in [2.45, 2.75) is 18.9 Å². The van der Waals surface area contributed by atoms with Crippen LogP contribution >= 0.6 is 0 Å². The average Bonchev–Trinajstić information content (AvgIpc) is 2.49. The van der Waals surface area contributed by atoms with Gasteiger partial charge in [0, 0.05) is 20.6 Å². The van der Waals surface area contributed by atoms with Gasteiger partial charge in [-0.3, -0.25) is 5.43 Å². The van der Waals surface area contributed by atoms with Crippen molar-refractivity contribution in [3.8, 4) is 0 Å². The van der Waals surface area contributed by atoms with E-state index in [9.17, 15) is 9.59 Å². The molecule has 0 unspecified atom stereocenters. The third-order valence-corrected chi connectivity index (χ3v) is 2.12. The number of carbonyl (C=O) groups is 2. The van der Waals surface area contributed by atoms with Crippen LogP contribution in [0.2, 0.25) is 0 Å². The summed E-state index contributed by atoms with van der Waals surface area (Å²) in [6.07, 6.45) is 1.29. The molecule has 0 saturated carbocycles. The second kappa shape index (κ2) is 4.28. The highest BCUT2D eigenvalue weighted by molar-refractivity contribution is 5.82. The SMILES string of the molecule is CN(C)NC(=O)N1CCC[C@H]1C(=O)O. The Hall–Kier alpha value is -1.30.